The van der Waals surface area contributed by atoms with Crippen LogP contribution >= 0.6 is 0 Å². The molecule has 27 heavy (non-hydrogen) atoms. The van der Waals surface area contributed by atoms with Gasteiger partial charge in [0, 0.05) is 11.8 Å². The molecule has 0 spiro atoms. The van der Waals surface area contributed by atoms with Gasteiger partial charge in [-0.25, -0.2) is 9.37 Å². The summed E-state index contributed by atoms with van der Waals surface area (Å²) in [7, 11) is 1.91. The van der Waals surface area contributed by atoms with E-state index in [4.69, 9.17) is 14.5 Å². The second kappa shape index (κ2) is 8.87. The Bertz CT molecular complexity index is 951. The highest BCUT2D eigenvalue weighted by Gasteiger charge is 2.17. The highest BCUT2D eigenvalue weighted by atomic mass is 19.1. The Morgan fingerprint density at radius 3 is 3.00 bits per heavy atom. The topological polar surface area (TPSA) is 96.9 Å². The summed E-state index contributed by atoms with van der Waals surface area (Å²) in [5, 5.41) is 16.0. The number of unbranched alkanes of at least 4 members (excludes halogenated alkanes) is 1. The standard InChI is InChI=1S/C19H18FN5O2/c1-22-6-2-3-8-26-16-5-4-7-23-17(16)18-24-19(27-25-18)14-9-13(12-21)10-15(20)11-14/h4-5,7,9-11,22H,2-3,6,8H2,1H3. The van der Waals surface area contributed by atoms with Gasteiger partial charge in [-0.2, -0.15) is 10.2 Å². The first-order valence-corrected chi connectivity index (χ1v) is 8.49. The van der Waals surface area contributed by atoms with Crippen molar-refractivity contribution < 1.29 is 13.7 Å². The van der Waals surface area contributed by atoms with Gasteiger partial charge in [-0.3, -0.25) is 0 Å². The Hall–Kier alpha value is -3.31. The number of benzene rings is 1. The predicted molar refractivity (Wildman–Crippen MR) is 96.3 cm³/mol. The zero-order valence-corrected chi connectivity index (χ0v) is 14.8. The highest BCUT2D eigenvalue weighted by molar-refractivity contribution is 5.62. The Kier molecular flexibility index (Phi) is 6.07. The van der Waals surface area contributed by atoms with Gasteiger partial charge in [0.1, 0.15) is 11.6 Å². The minimum atomic E-state index is -0.549. The first-order chi connectivity index (χ1) is 13.2. The molecular formula is C19H18FN5O2. The molecule has 0 aliphatic heterocycles. The molecule has 8 heteroatoms. The van der Waals surface area contributed by atoms with Gasteiger partial charge in [-0.05, 0) is 56.8 Å². The first kappa shape index (κ1) is 18.5. The highest BCUT2D eigenvalue weighted by Crippen LogP contribution is 2.28. The van der Waals surface area contributed by atoms with E-state index in [-0.39, 0.29) is 17.3 Å². The minimum absolute atomic E-state index is 0.103. The zero-order valence-electron chi connectivity index (χ0n) is 14.8. The Morgan fingerprint density at radius 2 is 2.19 bits per heavy atom. The summed E-state index contributed by atoms with van der Waals surface area (Å²) in [5.41, 5.74) is 0.946. The van der Waals surface area contributed by atoms with Crippen LogP contribution in [0.5, 0.6) is 5.75 Å². The summed E-state index contributed by atoms with van der Waals surface area (Å²) >= 11 is 0. The molecule has 0 aliphatic rings. The molecule has 0 fully saturated rings. The molecule has 3 aromatic rings. The maximum atomic E-state index is 13.6. The fourth-order valence-electron chi connectivity index (χ4n) is 2.48. The van der Waals surface area contributed by atoms with E-state index < -0.39 is 5.82 Å². The van der Waals surface area contributed by atoms with Crippen LogP contribution < -0.4 is 10.1 Å². The van der Waals surface area contributed by atoms with Crippen molar-refractivity contribution in [2.24, 2.45) is 0 Å². The van der Waals surface area contributed by atoms with Crippen LogP contribution in [0.3, 0.4) is 0 Å². The van der Waals surface area contributed by atoms with Crippen LogP contribution in [0.4, 0.5) is 4.39 Å². The third kappa shape index (κ3) is 4.65. The summed E-state index contributed by atoms with van der Waals surface area (Å²) in [6, 6.07) is 9.30. The molecule has 0 unspecified atom stereocenters. The summed E-state index contributed by atoms with van der Waals surface area (Å²) in [6.07, 6.45) is 3.50. The quantitative estimate of drug-likeness (QED) is 0.611. The lowest BCUT2D eigenvalue weighted by atomic mass is 10.1. The maximum Gasteiger partial charge on any atom is 0.258 e. The summed E-state index contributed by atoms with van der Waals surface area (Å²) in [6.45, 7) is 1.47. The second-order valence-electron chi connectivity index (χ2n) is 5.77. The smallest absolute Gasteiger partial charge is 0.258 e. The number of rotatable bonds is 8. The SMILES string of the molecule is CNCCCCOc1cccnc1-c1noc(-c2cc(F)cc(C#N)c2)n1. The van der Waals surface area contributed by atoms with Gasteiger partial charge >= 0.3 is 0 Å². The van der Waals surface area contributed by atoms with Crippen molar-refractivity contribution in [3.05, 3.63) is 47.9 Å². The molecule has 2 aromatic heterocycles. The van der Waals surface area contributed by atoms with Gasteiger partial charge in [-0.15, -0.1) is 0 Å². The summed E-state index contributed by atoms with van der Waals surface area (Å²) < 4.78 is 24.7. The molecule has 138 valence electrons. The number of hydrogen-bond acceptors (Lipinski definition) is 7. The number of nitrogens with one attached hydrogen (secondary N) is 1. The predicted octanol–water partition coefficient (Wildman–Crippen LogP) is 3.19. The third-order valence-corrected chi connectivity index (χ3v) is 3.76. The van der Waals surface area contributed by atoms with E-state index in [1.807, 2.05) is 13.1 Å². The second-order valence-corrected chi connectivity index (χ2v) is 5.77. The van der Waals surface area contributed by atoms with Crippen molar-refractivity contribution in [3.63, 3.8) is 0 Å². The van der Waals surface area contributed by atoms with Crippen molar-refractivity contribution in [2.45, 2.75) is 12.8 Å². The fraction of sp³-hybridized carbons (Fsp3) is 0.263. The molecule has 0 bridgehead atoms. The van der Waals surface area contributed by atoms with Crippen molar-refractivity contribution in [1.29, 1.82) is 5.26 Å². The molecule has 0 saturated heterocycles. The van der Waals surface area contributed by atoms with E-state index in [1.165, 1.54) is 12.1 Å². The van der Waals surface area contributed by atoms with Gasteiger partial charge in [0.05, 0.1) is 18.2 Å². The van der Waals surface area contributed by atoms with E-state index in [0.29, 0.717) is 23.6 Å². The van der Waals surface area contributed by atoms with Gasteiger partial charge < -0.3 is 14.6 Å². The van der Waals surface area contributed by atoms with Crippen LogP contribution in [0.25, 0.3) is 23.0 Å². The van der Waals surface area contributed by atoms with Gasteiger partial charge in [0.2, 0.25) is 5.82 Å². The van der Waals surface area contributed by atoms with Crippen molar-refractivity contribution >= 4 is 0 Å². The Balaban J connectivity index is 1.81. The molecule has 0 aliphatic carbocycles. The monoisotopic (exact) mass is 367 g/mol. The number of nitrogens with zero attached hydrogens (tertiary/aromatic N) is 4. The number of aromatic nitrogens is 3. The van der Waals surface area contributed by atoms with E-state index >= 15 is 0 Å². The van der Waals surface area contributed by atoms with E-state index in [1.54, 1.807) is 18.3 Å². The molecule has 0 saturated carbocycles. The largest absolute Gasteiger partial charge is 0.491 e. The fourth-order valence-corrected chi connectivity index (χ4v) is 2.48. The minimum Gasteiger partial charge on any atom is -0.491 e. The lowest BCUT2D eigenvalue weighted by Crippen LogP contribution is -2.09. The van der Waals surface area contributed by atoms with Crippen LogP contribution in [-0.2, 0) is 0 Å². The number of hydrogen-bond donors (Lipinski definition) is 1. The van der Waals surface area contributed by atoms with Gasteiger partial charge in [-0.1, -0.05) is 5.16 Å². The van der Waals surface area contributed by atoms with Gasteiger partial charge in [0.15, 0.2) is 5.69 Å². The van der Waals surface area contributed by atoms with Crippen LogP contribution in [0, 0.1) is 17.1 Å². The number of halogens is 1. The van der Waals surface area contributed by atoms with E-state index in [0.717, 1.165) is 25.5 Å². The van der Waals surface area contributed by atoms with Crippen molar-refractivity contribution in [3.8, 4) is 34.8 Å². The molecule has 3 rings (SSSR count). The molecule has 1 aromatic carbocycles. The summed E-state index contributed by atoms with van der Waals surface area (Å²) in [4.78, 5) is 8.55. The van der Waals surface area contributed by atoms with Gasteiger partial charge in [0.25, 0.3) is 5.89 Å². The van der Waals surface area contributed by atoms with Crippen molar-refractivity contribution in [2.75, 3.05) is 20.2 Å². The van der Waals surface area contributed by atoms with Crippen molar-refractivity contribution in [1.82, 2.24) is 20.4 Å². The van der Waals surface area contributed by atoms with Crippen LogP contribution in [0.2, 0.25) is 0 Å². The lowest BCUT2D eigenvalue weighted by molar-refractivity contribution is 0.306. The van der Waals surface area contributed by atoms with Crippen LogP contribution in [0.1, 0.15) is 18.4 Å². The van der Waals surface area contributed by atoms with E-state index in [2.05, 4.69) is 20.4 Å². The first-order valence-electron chi connectivity index (χ1n) is 8.49. The zero-order chi connectivity index (χ0) is 19.1. The molecule has 0 amide bonds. The molecule has 1 N–H and O–H groups in total. The molecule has 0 atom stereocenters. The third-order valence-electron chi connectivity index (χ3n) is 3.76. The maximum absolute atomic E-state index is 13.6. The molecule has 0 radical (unpaired) electrons. The number of nitriles is 1. The summed E-state index contributed by atoms with van der Waals surface area (Å²) in [5.74, 6) is 0.337. The number of ether oxygens (including phenoxy) is 1. The average molecular weight is 367 g/mol. The normalized spacial score (nSPS) is 10.6. The molecule has 2 heterocycles. The Morgan fingerprint density at radius 1 is 1.30 bits per heavy atom. The van der Waals surface area contributed by atoms with E-state index in [9.17, 15) is 4.39 Å². The average Bonchev–Trinajstić information content (AvgIpc) is 3.18. The lowest BCUT2D eigenvalue weighted by Gasteiger charge is -2.08. The molecular weight excluding hydrogens is 349 g/mol. The molecule has 7 nitrogen and oxygen atoms in total. The van der Waals surface area contributed by atoms with Crippen LogP contribution in [0.15, 0.2) is 41.1 Å². The number of pyridine rings is 1. The van der Waals surface area contributed by atoms with Crippen LogP contribution in [-0.4, -0.2) is 35.3 Å². The Labute approximate surface area is 155 Å².